The number of halogens is 2. The lowest BCUT2D eigenvalue weighted by molar-refractivity contribution is -0.129. The van der Waals surface area contributed by atoms with Gasteiger partial charge in [0.2, 0.25) is 5.91 Å². The molecule has 0 saturated carbocycles. The van der Waals surface area contributed by atoms with Gasteiger partial charge in [0.05, 0.1) is 11.9 Å². The maximum atomic E-state index is 13.2. The van der Waals surface area contributed by atoms with Crippen LogP contribution in [-0.4, -0.2) is 10.8 Å². The molecule has 1 rings (SSSR count). The van der Waals surface area contributed by atoms with Gasteiger partial charge in [-0.3, -0.25) is 9.69 Å². The number of nitrogens with zero attached hydrogens (tertiary/aromatic N) is 1. The number of hydrogen-bond acceptors (Lipinski definition) is 2. The molecule has 3 nitrogen and oxygen atoms in total. The maximum absolute atomic E-state index is 13.2. The van der Waals surface area contributed by atoms with Crippen LogP contribution in [0.2, 0.25) is 0 Å². The highest BCUT2D eigenvalue weighted by Crippen LogP contribution is 2.27. The van der Waals surface area contributed by atoms with Crippen LogP contribution in [0.3, 0.4) is 0 Å². The van der Waals surface area contributed by atoms with Gasteiger partial charge in [0.1, 0.15) is 0 Å². The van der Waals surface area contributed by atoms with Gasteiger partial charge in [-0.05, 0) is 24.1 Å². The first-order valence-corrected chi connectivity index (χ1v) is 5.57. The van der Waals surface area contributed by atoms with E-state index in [2.05, 4.69) is 6.58 Å². The molecule has 0 bridgehead atoms. The predicted molar refractivity (Wildman–Crippen MR) is 65.2 cm³/mol. The minimum atomic E-state index is -0.947. The van der Waals surface area contributed by atoms with Crippen molar-refractivity contribution < 1.29 is 13.6 Å². The Kier molecular flexibility index (Phi) is 4.42. The third-order valence-corrected chi connectivity index (χ3v) is 2.68. The summed E-state index contributed by atoms with van der Waals surface area (Å²) < 4.78 is 26.1. The molecule has 0 heterocycles. The van der Waals surface area contributed by atoms with Crippen LogP contribution < -0.4 is 5.73 Å². The van der Waals surface area contributed by atoms with E-state index < -0.39 is 17.7 Å². The molecule has 98 valence electrons. The number of carbonyl (C=O) groups excluding carboxylic acids is 1. The fourth-order valence-electron chi connectivity index (χ4n) is 1.91. The van der Waals surface area contributed by atoms with Gasteiger partial charge in [0.15, 0.2) is 11.6 Å². The van der Waals surface area contributed by atoms with Crippen molar-refractivity contribution in [3.05, 3.63) is 47.8 Å². The molecule has 0 saturated heterocycles. The summed E-state index contributed by atoms with van der Waals surface area (Å²) in [6.45, 7) is 6.70. The molecule has 0 radical (unpaired) electrons. The zero-order valence-electron chi connectivity index (χ0n) is 10.4. The molecule has 18 heavy (non-hydrogen) atoms. The fraction of sp³-hybridized carbons (Fsp3) is 0.308. The van der Waals surface area contributed by atoms with Gasteiger partial charge in [-0.25, -0.2) is 8.78 Å². The number of benzene rings is 1. The van der Waals surface area contributed by atoms with Crippen molar-refractivity contribution in [1.29, 1.82) is 0 Å². The van der Waals surface area contributed by atoms with Crippen molar-refractivity contribution >= 4 is 5.91 Å². The number of nitrogens with two attached hydrogens (primary N) is 1. The maximum Gasteiger partial charge on any atom is 0.225 e. The van der Waals surface area contributed by atoms with Gasteiger partial charge in [-0.1, -0.05) is 19.6 Å². The van der Waals surface area contributed by atoms with Crippen molar-refractivity contribution in [2.24, 2.45) is 5.73 Å². The number of amides is 1. The summed E-state index contributed by atoms with van der Waals surface area (Å²) in [5, 5.41) is 0. The van der Waals surface area contributed by atoms with E-state index in [9.17, 15) is 13.6 Å². The minimum Gasteiger partial charge on any atom is -0.386 e. The van der Waals surface area contributed by atoms with Crippen LogP contribution in [0, 0.1) is 11.6 Å². The Morgan fingerprint density at radius 3 is 2.44 bits per heavy atom. The van der Waals surface area contributed by atoms with Crippen molar-refractivity contribution in [3.8, 4) is 0 Å². The minimum absolute atomic E-state index is 0.0825. The van der Waals surface area contributed by atoms with Crippen LogP contribution in [-0.2, 0) is 4.79 Å². The van der Waals surface area contributed by atoms with Crippen molar-refractivity contribution in [1.82, 2.24) is 4.90 Å². The highest BCUT2D eigenvalue weighted by molar-refractivity contribution is 5.75. The molecule has 5 heteroatoms. The molecule has 0 aliphatic heterocycles. The quantitative estimate of drug-likeness (QED) is 0.898. The summed E-state index contributed by atoms with van der Waals surface area (Å²) >= 11 is 0. The van der Waals surface area contributed by atoms with Crippen molar-refractivity contribution in [2.45, 2.75) is 26.3 Å². The molecule has 0 fully saturated rings. The molecular weight excluding hydrogens is 238 g/mol. The van der Waals surface area contributed by atoms with Crippen LogP contribution >= 0.6 is 0 Å². The largest absolute Gasteiger partial charge is 0.386 e. The summed E-state index contributed by atoms with van der Waals surface area (Å²) in [5.41, 5.74) is 6.05. The molecule has 1 aromatic rings. The lowest BCUT2D eigenvalue weighted by Crippen LogP contribution is -2.35. The normalized spacial score (nSPS) is 12.0. The first-order valence-electron chi connectivity index (χ1n) is 5.57. The monoisotopic (exact) mass is 254 g/mol. The summed E-state index contributed by atoms with van der Waals surface area (Å²) in [6, 6.07) is 3.09. The highest BCUT2D eigenvalue weighted by Gasteiger charge is 2.23. The number of carbonyl (C=O) groups is 1. The second-order valence-corrected chi connectivity index (χ2v) is 3.98. The molecule has 0 aliphatic carbocycles. The topological polar surface area (TPSA) is 46.3 Å². The van der Waals surface area contributed by atoms with Crippen LogP contribution in [0.25, 0.3) is 0 Å². The molecule has 1 aromatic carbocycles. The van der Waals surface area contributed by atoms with Crippen molar-refractivity contribution in [2.75, 3.05) is 0 Å². The molecular formula is C13H16F2N2O. The second-order valence-electron chi connectivity index (χ2n) is 3.98. The lowest BCUT2D eigenvalue weighted by atomic mass is 10.0. The van der Waals surface area contributed by atoms with Crippen LogP contribution in [0.15, 0.2) is 30.6 Å². The van der Waals surface area contributed by atoms with Crippen LogP contribution in [0.1, 0.15) is 31.9 Å². The van der Waals surface area contributed by atoms with E-state index in [-0.39, 0.29) is 11.7 Å². The second kappa shape index (κ2) is 5.62. The average Bonchev–Trinajstić information content (AvgIpc) is 2.28. The van der Waals surface area contributed by atoms with Gasteiger partial charge in [-0.2, -0.15) is 0 Å². The molecule has 0 spiro atoms. The van der Waals surface area contributed by atoms with E-state index in [1.165, 1.54) is 17.9 Å². The van der Waals surface area contributed by atoms with E-state index in [0.29, 0.717) is 12.0 Å². The Hall–Kier alpha value is -1.91. The van der Waals surface area contributed by atoms with E-state index in [4.69, 9.17) is 5.73 Å². The van der Waals surface area contributed by atoms with Gasteiger partial charge in [0.25, 0.3) is 0 Å². The van der Waals surface area contributed by atoms with Crippen LogP contribution in [0.5, 0.6) is 0 Å². The third kappa shape index (κ3) is 2.85. The van der Waals surface area contributed by atoms with E-state index in [1.54, 1.807) is 0 Å². The van der Waals surface area contributed by atoms with Gasteiger partial charge >= 0.3 is 0 Å². The molecule has 1 unspecified atom stereocenters. The van der Waals surface area contributed by atoms with E-state index >= 15 is 0 Å². The molecule has 1 atom stereocenters. The van der Waals surface area contributed by atoms with Gasteiger partial charge < -0.3 is 5.73 Å². The summed E-state index contributed by atoms with van der Waals surface area (Å²) in [5.74, 6) is -2.08. The number of rotatable bonds is 4. The molecule has 0 aliphatic rings. The first-order chi connectivity index (χ1) is 8.38. The Balaban J connectivity index is 3.19. The third-order valence-electron chi connectivity index (χ3n) is 2.68. The number of hydrogen-bond donors (Lipinski definition) is 1. The Morgan fingerprint density at radius 2 is 2.06 bits per heavy atom. The van der Waals surface area contributed by atoms with Gasteiger partial charge in [0, 0.05) is 6.92 Å². The zero-order chi connectivity index (χ0) is 13.9. The van der Waals surface area contributed by atoms with E-state index in [0.717, 1.165) is 12.1 Å². The fourth-order valence-corrected chi connectivity index (χ4v) is 1.91. The van der Waals surface area contributed by atoms with Crippen molar-refractivity contribution in [3.63, 3.8) is 0 Å². The molecule has 2 N–H and O–H groups in total. The van der Waals surface area contributed by atoms with Gasteiger partial charge in [-0.15, -0.1) is 0 Å². The van der Waals surface area contributed by atoms with Crippen LogP contribution in [0.4, 0.5) is 8.78 Å². The SMILES string of the molecule is C=C(N)N(C(C)=O)C(CC)c1ccc(F)c(F)c1. The smallest absolute Gasteiger partial charge is 0.225 e. The summed E-state index contributed by atoms with van der Waals surface area (Å²) in [4.78, 5) is 12.8. The summed E-state index contributed by atoms with van der Waals surface area (Å²) in [7, 11) is 0. The Labute approximate surface area is 105 Å². The predicted octanol–water partition coefficient (Wildman–Crippen LogP) is 2.69. The Morgan fingerprint density at radius 1 is 1.44 bits per heavy atom. The molecule has 1 amide bonds. The standard InChI is InChI=1S/C13H16F2N2O/c1-4-13(17(8(2)16)9(3)18)10-5-6-11(14)12(15)7-10/h5-7,13H,2,4,16H2,1,3H3. The lowest BCUT2D eigenvalue weighted by Gasteiger charge is -2.30. The highest BCUT2D eigenvalue weighted by atomic mass is 19.2. The van der Waals surface area contributed by atoms with E-state index in [1.807, 2.05) is 6.92 Å². The average molecular weight is 254 g/mol. The first kappa shape index (κ1) is 14.2. The zero-order valence-corrected chi connectivity index (χ0v) is 10.4. The Bertz CT molecular complexity index is 460. The summed E-state index contributed by atoms with van der Waals surface area (Å²) in [6.07, 6.45) is 0.515. The molecule has 0 aromatic heterocycles.